The quantitative estimate of drug-likeness (QED) is 0.797. The van der Waals surface area contributed by atoms with Crippen LogP contribution >= 0.6 is 0 Å². The summed E-state index contributed by atoms with van der Waals surface area (Å²) in [7, 11) is 1.67. The second-order valence-electron chi connectivity index (χ2n) is 5.10. The Labute approximate surface area is 111 Å². The van der Waals surface area contributed by atoms with Crippen LogP contribution in [0.25, 0.3) is 0 Å². The molecule has 19 heavy (non-hydrogen) atoms. The van der Waals surface area contributed by atoms with Crippen molar-refractivity contribution in [2.75, 3.05) is 25.6 Å². The van der Waals surface area contributed by atoms with Crippen LogP contribution in [0.3, 0.4) is 0 Å². The first kappa shape index (κ1) is 13.8. The molecule has 0 aliphatic heterocycles. The number of ether oxygens (including phenoxy) is 1. The second kappa shape index (κ2) is 5.57. The number of nitrogens with one attached hydrogen (secondary N) is 1. The lowest BCUT2D eigenvalue weighted by Gasteiger charge is -2.16. The Morgan fingerprint density at radius 2 is 2.26 bits per heavy atom. The van der Waals surface area contributed by atoms with E-state index < -0.39 is 11.8 Å². The number of carbonyl (C=O) groups is 1. The van der Waals surface area contributed by atoms with Gasteiger partial charge in [-0.05, 0) is 42.9 Å². The van der Waals surface area contributed by atoms with Crippen LogP contribution in [0, 0.1) is 11.2 Å². The summed E-state index contributed by atoms with van der Waals surface area (Å²) in [6.07, 6.45) is 3.21. The molecule has 0 radical (unpaired) electrons. The van der Waals surface area contributed by atoms with Crippen molar-refractivity contribution < 1.29 is 19.0 Å². The number of hydrogen-bond acceptors (Lipinski definition) is 3. The van der Waals surface area contributed by atoms with Crippen LogP contribution in [0.4, 0.5) is 10.1 Å². The molecule has 104 valence electrons. The van der Waals surface area contributed by atoms with Crippen molar-refractivity contribution in [2.24, 2.45) is 5.41 Å². The third-order valence-electron chi connectivity index (χ3n) is 3.66. The maximum absolute atomic E-state index is 13.7. The Bertz CT molecular complexity index is 472. The SMILES string of the molecule is COCCC1(CNc2ccc(C(=O)O)cc2F)CC1. The van der Waals surface area contributed by atoms with E-state index in [1.54, 1.807) is 7.11 Å². The van der Waals surface area contributed by atoms with Gasteiger partial charge in [-0.25, -0.2) is 9.18 Å². The average Bonchev–Trinajstić information content (AvgIpc) is 3.15. The van der Waals surface area contributed by atoms with Crippen LogP contribution in [0.2, 0.25) is 0 Å². The van der Waals surface area contributed by atoms with Crippen molar-refractivity contribution in [3.05, 3.63) is 29.6 Å². The molecule has 0 bridgehead atoms. The number of rotatable bonds is 7. The summed E-state index contributed by atoms with van der Waals surface area (Å²) < 4.78 is 18.8. The van der Waals surface area contributed by atoms with E-state index in [1.807, 2.05) is 0 Å². The van der Waals surface area contributed by atoms with Crippen LogP contribution < -0.4 is 5.32 Å². The maximum Gasteiger partial charge on any atom is 0.335 e. The summed E-state index contributed by atoms with van der Waals surface area (Å²) in [4.78, 5) is 10.7. The minimum atomic E-state index is -1.12. The van der Waals surface area contributed by atoms with Crippen molar-refractivity contribution in [1.29, 1.82) is 0 Å². The molecule has 0 unspecified atom stereocenters. The lowest BCUT2D eigenvalue weighted by Crippen LogP contribution is -2.18. The molecule has 4 nitrogen and oxygen atoms in total. The normalized spacial score (nSPS) is 16.1. The van der Waals surface area contributed by atoms with E-state index >= 15 is 0 Å². The Kier molecular flexibility index (Phi) is 4.04. The molecule has 5 heteroatoms. The number of carboxylic acid groups (broad SMARTS) is 1. The van der Waals surface area contributed by atoms with Crippen LogP contribution in [-0.4, -0.2) is 31.3 Å². The van der Waals surface area contributed by atoms with Crippen molar-refractivity contribution in [3.63, 3.8) is 0 Å². The fourth-order valence-electron chi connectivity index (χ4n) is 2.08. The van der Waals surface area contributed by atoms with Gasteiger partial charge in [0.25, 0.3) is 0 Å². The molecule has 1 aromatic rings. The minimum Gasteiger partial charge on any atom is -0.478 e. The highest BCUT2D eigenvalue weighted by molar-refractivity contribution is 5.88. The van der Waals surface area contributed by atoms with Gasteiger partial charge in [-0.1, -0.05) is 0 Å². The number of carboxylic acids is 1. The fraction of sp³-hybridized carbons (Fsp3) is 0.500. The molecule has 1 aromatic carbocycles. The minimum absolute atomic E-state index is 0.0384. The van der Waals surface area contributed by atoms with Crippen LogP contribution in [0.5, 0.6) is 0 Å². The van der Waals surface area contributed by atoms with Gasteiger partial charge in [-0.15, -0.1) is 0 Å². The summed E-state index contributed by atoms with van der Waals surface area (Å²) in [6, 6.07) is 3.92. The lowest BCUT2D eigenvalue weighted by molar-refractivity contribution is 0.0696. The summed E-state index contributed by atoms with van der Waals surface area (Å²) in [5, 5.41) is 11.8. The van der Waals surface area contributed by atoms with Gasteiger partial charge in [0.1, 0.15) is 5.82 Å². The lowest BCUT2D eigenvalue weighted by atomic mass is 10.0. The molecule has 0 saturated heterocycles. The highest BCUT2D eigenvalue weighted by atomic mass is 19.1. The summed E-state index contributed by atoms with van der Waals surface area (Å²) in [6.45, 7) is 1.40. The van der Waals surface area contributed by atoms with Crippen LogP contribution in [-0.2, 0) is 4.74 Å². The molecule has 1 aliphatic rings. The van der Waals surface area contributed by atoms with Crippen molar-refractivity contribution in [2.45, 2.75) is 19.3 Å². The summed E-state index contributed by atoms with van der Waals surface area (Å²) in [5.41, 5.74) is 0.533. The predicted octanol–water partition coefficient (Wildman–Crippen LogP) is 2.75. The molecular weight excluding hydrogens is 249 g/mol. The van der Waals surface area contributed by atoms with Gasteiger partial charge < -0.3 is 15.2 Å². The average molecular weight is 267 g/mol. The van der Waals surface area contributed by atoms with Gasteiger partial charge in [-0.3, -0.25) is 0 Å². The zero-order valence-electron chi connectivity index (χ0n) is 10.9. The van der Waals surface area contributed by atoms with Gasteiger partial charge in [0.2, 0.25) is 0 Å². The molecule has 0 atom stereocenters. The van der Waals surface area contributed by atoms with Gasteiger partial charge >= 0.3 is 5.97 Å². The molecule has 2 rings (SSSR count). The molecule has 1 fully saturated rings. The fourth-order valence-corrected chi connectivity index (χ4v) is 2.08. The van der Waals surface area contributed by atoms with Crippen molar-refractivity contribution in [3.8, 4) is 0 Å². The molecule has 0 aromatic heterocycles. The maximum atomic E-state index is 13.7. The van der Waals surface area contributed by atoms with Gasteiger partial charge in [0.15, 0.2) is 0 Å². The number of hydrogen-bond donors (Lipinski definition) is 2. The first-order chi connectivity index (χ1) is 9.06. The van der Waals surface area contributed by atoms with E-state index in [2.05, 4.69) is 5.32 Å². The molecule has 0 heterocycles. The molecule has 0 spiro atoms. The third-order valence-corrected chi connectivity index (χ3v) is 3.66. The van der Waals surface area contributed by atoms with E-state index in [4.69, 9.17) is 9.84 Å². The largest absolute Gasteiger partial charge is 0.478 e. The van der Waals surface area contributed by atoms with E-state index in [9.17, 15) is 9.18 Å². The Morgan fingerprint density at radius 1 is 1.53 bits per heavy atom. The van der Waals surface area contributed by atoms with Crippen molar-refractivity contribution in [1.82, 2.24) is 0 Å². The predicted molar refractivity (Wildman–Crippen MR) is 70.0 cm³/mol. The summed E-state index contributed by atoms with van der Waals surface area (Å²) >= 11 is 0. The van der Waals surface area contributed by atoms with Gasteiger partial charge in [0.05, 0.1) is 11.3 Å². The topological polar surface area (TPSA) is 58.6 Å². The Balaban J connectivity index is 1.95. The number of benzene rings is 1. The highest BCUT2D eigenvalue weighted by Crippen LogP contribution is 2.48. The zero-order valence-corrected chi connectivity index (χ0v) is 10.9. The standard InChI is InChI=1S/C14H18FNO3/c1-19-7-6-14(4-5-14)9-16-12-3-2-10(13(17)18)8-11(12)15/h2-3,8,16H,4-7,9H2,1H3,(H,17,18). The van der Waals surface area contributed by atoms with Crippen LogP contribution in [0.1, 0.15) is 29.6 Å². The Hall–Kier alpha value is -1.62. The zero-order chi connectivity index (χ0) is 13.9. The van der Waals surface area contributed by atoms with E-state index in [1.165, 1.54) is 12.1 Å². The van der Waals surface area contributed by atoms with Crippen molar-refractivity contribution >= 4 is 11.7 Å². The second-order valence-corrected chi connectivity index (χ2v) is 5.10. The first-order valence-electron chi connectivity index (χ1n) is 6.32. The number of aromatic carboxylic acids is 1. The molecule has 1 aliphatic carbocycles. The smallest absolute Gasteiger partial charge is 0.335 e. The summed E-state index contributed by atoms with van der Waals surface area (Å²) in [5.74, 6) is -1.65. The number of methoxy groups -OCH3 is 1. The third kappa shape index (κ3) is 3.44. The highest BCUT2D eigenvalue weighted by Gasteiger charge is 2.41. The molecule has 1 saturated carbocycles. The first-order valence-corrected chi connectivity index (χ1v) is 6.32. The van der Waals surface area contributed by atoms with Crippen LogP contribution in [0.15, 0.2) is 18.2 Å². The van der Waals surface area contributed by atoms with E-state index in [-0.39, 0.29) is 11.0 Å². The molecule has 0 amide bonds. The van der Waals surface area contributed by atoms with E-state index in [0.717, 1.165) is 25.3 Å². The monoisotopic (exact) mass is 267 g/mol. The molecular formula is C14H18FNO3. The van der Waals surface area contributed by atoms with Gasteiger partial charge in [-0.2, -0.15) is 0 Å². The number of anilines is 1. The number of halogens is 1. The molecule has 2 N–H and O–H groups in total. The van der Waals surface area contributed by atoms with E-state index in [0.29, 0.717) is 18.8 Å². The van der Waals surface area contributed by atoms with Gasteiger partial charge in [0, 0.05) is 20.3 Å². The Morgan fingerprint density at radius 3 is 2.79 bits per heavy atom.